The van der Waals surface area contributed by atoms with Crippen molar-refractivity contribution in [3.05, 3.63) is 33.6 Å². The highest BCUT2D eigenvalue weighted by Gasteiger charge is 2.20. The second kappa shape index (κ2) is 5.85. The number of hydrogen-bond acceptors (Lipinski definition) is 1. The third-order valence-corrected chi connectivity index (χ3v) is 6.55. The lowest BCUT2D eigenvalue weighted by atomic mass is 9.94. The fourth-order valence-electron chi connectivity index (χ4n) is 2.21. The van der Waals surface area contributed by atoms with E-state index in [9.17, 15) is 0 Å². The zero-order valence-corrected chi connectivity index (χ0v) is 14.0. The van der Waals surface area contributed by atoms with Gasteiger partial charge >= 0.3 is 0 Å². The van der Waals surface area contributed by atoms with Crippen LogP contribution in [0.15, 0.2) is 28.1 Å². The molecular weight excluding hydrogens is 360 g/mol. The van der Waals surface area contributed by atoms with Gasteiger partial charge in [-0.3, -0.25) is 0 Å². The minimum atomic E-state index is 0.473. The highest BCUT2D eigenvalue weighted by molar-refractivity contribution is 9.10. The Kier molecular flexibility index (Phi) is 4.67. The molecule has 0 aliphatic carbocycles. The first-order valence-corrected chi connectivity index (χ1v) is 8.57. The molecule has 0 nitrogen and oxygen atoms in total. The first-order chi connectivity index (χ1) is 8.19. The van der Waals surface area contributed by atoms with Gasteiger partial charge in [-0.05, 0) is 44.2 Å². The highest BCUT2D eigenvalue weighted by Crippen LogP contribution is 2.42. The first kappa shape index (κ1) is 13.6. The summed E-state index contributed by atoms with van der Waals surface area (Å²) in [7, 11) is 0. The summed E-state index contributed by atoms with van der Waals surface area (Å²) in [6.45, 7) is 4.54. The van der Waals surface area contributed by atoms with Crippen molar-refractivity contribution in [3.63, 3.8) is 0 Å². The molecule has 0 N–H and O–H groups in total. The van der Waals surface area contributed by atoms with Crippen molar-refractivity contribution < 1.29 is 0 Å². The number of alkyl halides is 1. The summed E-state index contributed by atoms with van der Waals surface area (Å²) in [4.78, 5) is 0.473. The Morgan fingerprint density at radius 2 is 1.94 bits per heavy atom. The molecule has 0 aliphatic heterocycles. The van der Waals surface area contributed by atoms with E-state index in [4.69, 9.17) is 0 Å². The van der Waals surface area contributed by atoms with E-state index in [0.717, 1.165) is 0 Å². The Hall–Kier alpha value is 0.140. The maximum absolute atomic E-state index is 3.89. The molecule has 17 heavy (non-hydrogen) atoms. The van der Waals surface area contributed by atoms with Crippen LogP contribution in [0.1, 0.15) is 37.1 Å². The van der Waals surface area contributed by atoms with Crippen LogP contribution in [0.4, 0.5) is 0 Å². The minimum absolute atomic E-state index is 0.473. The zero-order chi connectivity index (χ0) is 12.4. The van der Waals surface area contributed by atoms with E-state index in [1.54, 1.807) is 0 Å². The van der Waals surface area contributed by atoms with Gasteiger partial charge in [0.2, 0.25) is 0 Å². The molecule has 1 aromatic heterocycles. The van der Waals surface area contributed by atoms with Crippen molar-refractivity contribution in [2.45, 2.75) is 31.5 Å². The summed E-state index contributed by atoms with van der Waals surface area (Å²) < 4.78 is 2.56. The van der Waals surface area contributed by atoms with Crippen LogP contribution in [0.25, 0.3) is 10.1 Å². The monoisotopic (exact) mass is 374 g/mol. The van der Waals surface area contributed by atoms with Crippen LogP contribution in [-0.4, -0.2) is 0 Å². The molecule has 0 bridgehead atoms. The van der Waals surface area contributed by atoms with Crippen molar-refractivity contribution in [2.75, 3.05) is 0 Å². The second-order valence-electron chi connectivity index (χ2n) is 4.29. The van der Waals surface area contributed by atoms with Crippen molar-refractivity contribution >= 4 is 53.3 Å². The van der Waals surface area contributed by atoms with E-state index in [1.165, 1.54) is 33.0 Å². The van der Waals surface area contributed by atoms with Crippen LogP contribution in [0.3, 0.4) is 0 Å². The lowest BCUT2D eigenvalue weighted by Crippen LogP contribution is -2.04. The number of fused-ring (bicyclic) bond motifs is 1. The molecule has 1 atom stereocenters. The summed E-state index contributed by atoms with van der Waals surface area (Å²) in [5.41, 5.74) is 1.44. The molecule has 0 spiro atoms. The summed E-state index contributed by atoms with van der Waals surface area (Å²) in [6, 6.07) is 6.46. The second-order valence-corrected chi connectivity index (χ2v) is 7.01. The Labute approximate surface area is 124 Å². The maximum Gasteiger partial charge on any atom is 0.0488 e. The van der Waals surface area contributed by atoms with Crippen molar-refractivity contribution in [1.29, 1.82) is 0 Å². The van der Waals surface area contributed by atoms with Gasteiger partial charge in [0, 0.05) is 14.0 Å². The molecular formula is C14H16Br2S. The SMILES string of the molecule is CCC(CC)C(Br)c1csc2c(Br)cccc12. The van der Waals surface area contributed by atoms with E-state index in [-0.39, 0.29) is 0 Å². The molecule has 2 aromatic rings. The Bertz CT molecular complexity index is 500. The van der Waals surface area contributed by atoms with E-state index in [2.05, 4.69) is 69.3 Å². The molecule has 0 amide bonds. The molecule has 92 valence electrons. The first-order valence-electron chi connectivity index (χ1n) is 5.98. The molecule has 3 heteroatoms. The predicted molar refractivity (Wildman–Crippen MR) is 85.3 cm³/mol. The number of halogens is 2. The Morgan fingerprint density at radius 3 is 2.59 bits per heavy atom. The van der Waals surface area contributed by atoms with Crippen molar-refractivity contribution in [2.24, 2.45) is 5.92 Å². The van der Waals surface area contributed by atoms with Crippen molar-refractivity contribution in [1.82, 2.24) is 0 Å². The quantitative estimate of drug-likeness (QED) is 0.532. The lowest BCUT2D eigenvalue weighted by Gasteiger charge is -2.19. The fourth-order valence-corrected chi connectivity index (χ4v) is 5.17. The molecule has 0 fully saturated rings. The predicted octanol–water partition coefficient (Wildman–Crippen LogP) is 6.54. The standard InChI is InChI=1S/C14H16Br2S/c1-3-9(4-2)13(16)11-8-17-14-10(11)6-5-7-12(14)15/h5-9,13H,3-4H2,1-2H3. The van der Waals surface area contributed by atoms with Gasteiger partial charge in [-0.1, -0.05) is 54.8 Å². The molecule has 0 saturated heterocycles. The smallest absolute Gasteiger partial charge is 0.0488 e. The molecule has 1 unspecified atom stereocenters. The minimum Gasteiger partial charge on any atom is -0.142 e. The maximum atomic E-state index is 3.89. The summed E-state index contributed by atoms with van der Waals surface area (Å²) >= 11 is 9.34. The van der Waals surface area contributed by atoms with Gasteiger partial charge in [-0.25, -0.2) is 0 Å². The Balaban J connectivity index is 2.45. The number of thiophene rings is 1. The van der Waals surface area contributed by atoms with Gasteiger partial charge in [0.05, 0.1) is 0 Å². The summed E-state index contributed by atoms with van der Waals surface area (Å²) in [5, 5.41) is 3.69. The van der Waals surface area contributed by atoms with Gasteiger partial charge in [0.25, 0.3) is 0 Å². The largest absolute Gasteiger partial charge is 0.142 e. The number of benzene rings is 1. The van der Waals surface area contributed by atoms with Crippen LogP contribution in [0.5, 0.6) is 0 Å². The lowest BCUT2D eigenvalue weighted by molar-refractivity contribution is 0.489. The van der Waals surface area contributed by atoms with Gasteiger partial charge in [-0.2, -0.15) is 0 Å². The highest BCUT2D eigenvalue weighted by atomic mass is 79.9. The topological polar surface area (TPSA) is 0 Å². The molecule has 0 aliphatic rings. The third kappa shape index (κ3) is 2.61. The number of hydrogen-bond donors (Lipinski definition) is 0. The van der Waals surface area contributed by atoms with Gasteiger partial charge < -0.3 is 0 Å². The molecule has 0 radical (unpaired) electrons. The number of rotatable bonds is 4. The van der Waals surface area contributed by atoms with E-state index in [1.807, 2.05) is 11.3 Å². The van der Waals surface area contributed by atoms with E-state index >= 15 is 0 Å². The van der Waals surface area contributed by atoms with Crippen LogP contribution in [0, 0.1) is 5.92 Å². The van der Waals surface area contributed by atoms with Gasteiger partial charge in [0.15, 0.2) is 0 Å². The Morgan fingerprint density at radius 1 is 1.24 bits per heavy atom. The van der Waals surface area contributed by atoms with Crippen LogP contribution < -0.4 is 0 Å². The van der Waals surface area contributed by atoms with Crippen LogP contribution in [0.2, 0.25) is 0 Å². The molecule has 0 saturated carbocycles. The van der Waals surface area contributed by atoms with E-state index < -0.39 is 0 Å². The molecule has 1 aromatic carbocycles. The molecule has 2 rings (SSSR count). The summed E-state index contributed by atoms with van der Waals surface area (Å²) in [5.74, 6) is 0.715. The average Bonchev–Trinajstić information content (AvgIpc) is 2.75. The van der Waals surface area contributed by atoms with Crippen LogP contribution >= 0.6 is 43.2 Å². The third-order valence-electron chi connectivity index (χ3n) is 3.34. The molecule has 1 heterocycles. The van der Waals surface area contributed by atoms with E-state index in [0.29, 0.717) is 10.7 Å². The summed E-state index contributed by atoms with van der Waals surface area (Å²) in [6.07, 6.45) is 2.44. The van der Waals surface area contributed by atoms with Gasteiger partial charge in [-0.15, -0.1) is 11.3 Å². The normalized spacial score (nSPS) is 13.5. The van der Waals surface area contributed by atoms with Gasteiger partial charge in [0.1, 0.15) is 0 Å². The van der Waals surface area contributed by atoms with Crippen molar-refractivity contribution in [3.8, 4) is 0 Å². The van der Waals surface area contributed by atoms with Crippen LogP contribution in [-0.2, 0) is 0 Å². The fraction of sp³-hybridized carbons (Fsp3) is 0.429. The average molecular weight is 376 g/mol. The zero-order valence-electron chi connectivity index (χ0n) is 10.0.